The van der Waals surface area contributed by atoms with Crippen molar-refractivity contribution in [3.63, 3.8) is 0 Å². The second-order valence-corrected chi connectivity index (χ2v) is 7.02. The van der Waals surface area contributed by atoms with Crippen molar-refractivity contribution < 1.29 is 4.79 Å². The lowest BCUT2D eigenvalue weighted by atomic mass is 10.0. The topological polar surface area (TPSA) is 26.8 Å². The van der Waals surface area contributed by atoms with Crippen molar-refractivity contribution in [1.29, 1.82) is 0 Å². The standard InChI is InChI=1S/C17H33N3O/c1-16-7-6-11-20(15-16)12-8-17(21)18(2)13-14-19-9-4-3-5-10-19/h16H,3-15H2,1-2H3. The van der Waals surface area contributed by atoms with Crippen LogP contribution in [0.3, 0.4) is 0 Å². The molecule has 0 aromatic carbocycles. The number of amides is 1. The lowest BCUT2D eigenvalue weighted by Crippen LogP contribution is -2.40. The fraction of sp³-hybridized carbons (Fsp3) is 0.941. The first-order chi connectivity index (χ1) is 10.1. The number of hydrogen-bond acceptors (Lipinski definition) is 3. The van der Waals surface area contributed by atoms with Crippen LogP contribution < -0.4 is 0 Å². The summed E-state index contributed by atoms with van der Waals surface area (Å²) in [5, 5.41) is 0. The second kappa shape index (κ2) is 8.74. The normalized spacial score (nSPS) is 25.0. The zero-order valence-corrected chi connectivity index (χ0v) is 14.0. The molecule has 0 spiro atoms. The highest BCUT2D eigenvalue weighted by Crippen LogP contribution is 2.15. The maximum Gasteiger partial charge on any atom is 0.223 e. The SMILES string of the molecule is CC1CCCN(CCC(=O)N(C)CCN2CCCCC2)C1. The lowest BCUT2D eigenvalue weighted by Gasteiger charge is -2.31. The van der Waals surface area contributed by atoms with Gasteiger partial charge in [0.05, 0.1) is 0 Å². The summed E-state index contributed by atoms with van der Waals surface area (Å²) in [6.45, 7) is 9.97. The van der Waals surface area contributed by atoms with Gasteiger partial charge >= 0.3 is 0 Å². The molecular weight excluding hydrogens is 262 g/mol. The molecule has 4 nitrogen and oxygen atoms in total. The number of carbonyl (C=O) groups is 1. The van der Waals surface area contributed by atoms with Gasteiger partial charge in [0, 0.05) is 39.6 Å². The van der Waals surface area contributed by atoms with Crippen LogP contribution in [-0.4, -0.2) is 73.5 Å². The molecule has 0 saturated carbocycles. The van der Waals surface area contributed by atoms with Gasteiger partial charge in [0.25, 0.3) is 0 Å². The van der Waals surface area contributed by atoms with E-state index in [2.05, 4.69) is 16.7 Å². The van der Waals surface area contributed by atoms with E-state index in [9.17, 15) is 4.79 Å². The van der Waals surface area contributed by atoms with Crippen LogP contribution in [0.1, 0.15) is 45.4 Å². The van der Waals surface area contributed by atoms with Crippen molar-refractivity contribution >= 4 is 5.91 Å². The van der Waals surface area contributed by atoms with Crippen molar-refractivity contribution in [2.24, 2.45) is 5.92 Å². The Morgan fingerprint density at radius 3 is 2.48 bits per heavy atom. The van der Waals surface area contributed by atoms with Crippen LogP contribution >= 0.6 is 0 Å². The van der Waals surface area contributed by atoms with E-state index in [1.54, 1.807) is 0 Å². The summed E-state index contributed by atoms with van der Waals surface area (Å²) in [5.41, 5.74) is 0. The molecular formula is C17H33N3O. The Hall–Kier alpha value is -0.610. The maximum absolute atomic E-state index is 12.2. The van der Waals surface area contributed by atoms with E-state index in [0.717, 1.165) is 25.6 Å². The van der Waals surface area contributed by atoms with Crippen molar-refractivity contribution in [3.8, 4) is 0 Å². The molecule has 0 aromatic heterocycles. The van der Waals surface area contributed by atoms with Gasteiger partial charge < -0.3 is 14.7 Å². The first-order valence-electron chi connectivity index (χ1n) is 8.84. The average Bonchev–Trinajstić information content (AvgIpc) is 2.51. The monoisotopic (exact) mass is 295 g/mol. The minimum atomic E-state index is 0.310. The largest absolute Gasteiger partial charge is 0.344 e. The van der Waals surface area contributed by atoms with Gasteiger partial charge in [0.15, 0.2) is 0 Å². The first-order valence-corrected chi connectivity index (χ1v) is 8.84. The molecule has 1 amide bonds. The second-order valence-electron chi connectivity index (χ2n) is 7.02. The minimum absolute atomic E-state index is 0.310. The number of hydrogen-bond donors (Lipinski definition) is 0. The predicted molar refractivity (Wildman–Crippen MR) is 87.4 cm³/mol. The number of rotatable bonds is 6. The van der Waals surface area contributed by atoms with E-state index >= 15 is 0 Å². The third-order valence-electron chi connectivity index (χ3n) is 5.01. The quantitative estimate of drug-likeness (QED) is 0.750. The molecule has 2 heterocycles. The van der Waals surface area contributed by atoms with E-state index in [-0.39, 0.29) is 0 Å². The van der Waals surface area contributed by atoms with E-state index < -0.39 is 0 Å². The minimum Gasteiger partial charge on any atom is -0.344 e. The molecule has 0 N–H and O–H groups in total. The number of likely N-dealkylation sites (N-methyl/N-ethyl adjacent to an activating group) is 1. The van der Waals surface area contributed by atoms with Crippen LogP contribution in [-0.2, 0) is 4.79 Å². The highest BCUT2D eigenvalue weighted by atomic mass is 16.2. The van der Waals surface area contributed by atoms with Crippen molar-refractivity contribution in [1.82, 2.24) is 14.7 Å². The summed E-state index contributed by atoms with van der Waals surface area (Å²) in [6.07, 6.45) is 7.35. The van der Waals surface area contributed by atoms with Crippen molar-refractivity contribution in [2.45, 2.75) is 45.4 Å². The Balaban J connectivity index is 1.60. The van der Waals surface area contributed by atoms with Gasteiger partial charge in [-0.15, -0.1) is 0 Å². The van der Waals surface area contributed by atoms with E-state index in [0.29, 0.717) is 12.3 Å². The average molecular weight is 295 g/mol. The van der Waals surface area contributed by atoms with Gasteiger partial charge in [-0.2, -0.15) is 0 Å². The molecule has 2 saturated heterocycles. The van der Waals surface area contributed by atoms with Crippen molar-refractivity contribution in [3.05, 3.63) is 0 Å². The molecule has 0 bridgehead atoms. The van der Waals surface area contributed by atoms with Crippen LogP contribution in [0.4, 0.5) is 0 Å². The van der Waals surface area contributed by atoms with Gasteiger partial charge in [-0.3, -0.25) is 4.79 Å². The Bertz CT molecular complexity index is 315. The third kappa shape index (κ3) is 5.95. The van der Waals surface area contributed by atoms with Crippen LogP contribution in [0, 0.1) is 5.92 Å². The lowest BCUT2D eigenvalue weighted by molar-refractivity contribution is -0.130. The molecule has 2 fully saturated rings. The summed E-state index contributed by atoms with van der Waals surface area (Å²) < 4.78 is 0. The Morgan fingerprint density at radius 2 is 1.76 bits per heavy atom. The number of likely N-dealkylation sites (tertiary alicyclic amines) is 2. The molecule has 2 rings (SSSR count). The molecule has 0 radical (unpaired) electrons. The molecule has 0 aliphatic carbocycles. The Kier molecular flexibility index (Phi) is 6.97. The highest BCUT2D eigenvalue weighted by molar-refractivity contribution is 5.76. The number of nitrogens with zero attached hydrogens (tertiary/aromatic N) is 3. The summed E-state index contributed by atoms with van der Waals surface area (Å²) >= 11 is 0. The zero-order valence-electron chi connectivity index (χ0n) is 14.0. The van der Waals surface area contributed by atoms with Gasteiger partial charge in [0.2, 0.25) is 5.91 Å². The third-order valence-corrected chi connectivity index (χ3v) is 5.01. The molecule has 122 valence electrons. The molecule has 1 atom stereocenters. The van der Waals surface area contributed by atoms with Gasteiger partial charge in [-0.1, -0.05) is 13.3 Å². The molecule has 2 aliphatic rings. The van der Waals surface area contributed by atoms with Crippen LogP contribution in [0.2, 0.25) is 0 Å². The summed E-state index contributed by atoms with van der Waals surface area (Å²) in [7, 11) is 1.96. The predicted octanol–water partition coefficient (Wildman–Crippen LogP) is 2.05. The van der Waals surface area contributed by atoms with E-state index in [1.165, 1.54) is 58.3 Å². The molecule has 2 aliphatic heterocycles. The Morgan fingerprint density at radius 1 is 1.05 bits per heavy atom. The van der Waals surface area contributed by atoms with E-state index in [4.69, 9.17) is 0 Å². The molecule has 0 aromatic rings. The fourth-order valence-electron chi connectivity index (χ4n) is 3.53. The first kappa shape index (κ1) is 16.8. The van der Waals surface area contributed by atoms with Crippen molar-refractivity contribution in [2.75, 3.05) is 52.9 Å². The van der Waals surface area contributed by atoms with Gasteiger partial charge in [-0.05, 0) is 51.2 Å². The van der Waals surface area contributed by atoms with Crippen LogP contribution in [0.15, 0.2) is 0 Å². The highest BCUT2D eigenvalue weighted by Gasteiger charge is 2.18. The molecule has 1 unspecified atom stereocenters. The molecule has 21 heavy (non-hydrogen) atoms. The van der Waals surface area contributed by atoms with Gasteiger partial charge in [0.1, 0.15) is 0 Å². The summed E-state index contributed by atoms with van der Waals surface area (Å²) in [4.78, 5) is 19.1. The Labute approximate surface area is 130 Å². The summed E-state index contributed by atoms with van der Waals surface area (Å²) in [6, 6.07) is 0. The van der Waals surface area contributed by atoms with Crippen LogP contribution in [0.5, 0.6) is 0 Å². The smallest absolute Gasteiger partial charge is 0.223 e. The molecule has 4 heteroatoms. The fourth-order valence-corrected chi connectivity index (χ4v) is 3.53. The zero-order chi connectivity index (χ0) is 15.1. The van der Waals surface area contributed by atoms with Gasteiger partial charge in [-0.25, -0.2) is 0 Å². The summed E-state index contributed by atoms with van der Waals surface area (Å²) in [5.74, 6) is 1.11. The number of piperidine rings is 2. The maximum atomic E-state index is 12.2. The number of carbonyl (C=O) groups excluding carboxylic acids is 1. The van der Waals surface area contributed by atoms with Crippen LogP contribution in [0.25, 0.3) is 0 Å². The van der Waals surface area contributed by atoms with E-state index in [1.807, 2.05) is 11.9 Å².